The number of hydrogen-bond donors (Lipinski definition) is 3. The van der Waals surface area contributed by atoms with Crippen LogP contribution in [0.15, 0.2) is 42.5 Å². The SMILES string of the molecule is Cc1cccc(NC(=O)NC(=O)CN(C)CC(=O)Nc2ccc(N3CCOCC3)cc2)c1C. The predicted molar refractivity (Wildman–Crippen MR) is 129 cm³/mol. The summed E-state index contributed by atoms with van der Waals surface area (Å²) in [5.74, 6) is -0.743. The maximum absolute atomic E-state index is 12.3. The number of ether oxygens (including phenoxy) is 1. The molecular weight excluding hydrogens is 422 g/mol. The monoisotopic (exact) mass is 453 g/mol. The molecular formula is C24H31N5O4. The molecule has 1 heterocycles. The Labute approximate surface area is 194 Å². The molecule has 0 aromatic heterocycles. The number of urea groups is 1. The van der Waals surface area contributed by atoms with E-state index in [1.54, 1.807) is 13.1 Å². The smallest absolute Gasteiger partial charge is 0.325 e. The second kappa shape index (κ2) is 11.4. The van der Waals surface area contributed by atoms with Crippen LogP contribution in [0.3, 0.4) is 0 Å². The van der Waals surface area contributed by atoms with E-state index in [-0.39, 0.29) is 19.0 Å². The Kier molecular flexibility index (Phi) is 8.39. The molecule has 0 saturated carbocycles. The number of hydrogen-bond acceptors (Lipinski definition) is 6. The molecule has 9 heteroatoms. The van der Waals surface area contributed by atoms with Gasteiger partial charge in [0.2, 0.25) is 11.8 Å². The number of nitrogens with zero attached hydrogens (tertiary/aromatic N) is 2. The Bertz CT molecular complexity index is 987. The molecule has 1 saturated heterocycles. The van der Waals surface area contributed by atoms with Crippen LogP contribution in [0.25, 0.3) is 0 Å². The van der Waals surface area contributed by atoms with Crippen LogP contribution in [-0.2, 0) is 14.3 Å². The first-order valence-electron chi connectivity index (χ1n) is 10.9. The van der Waals surface area contributed by atoms with Crippen molar-refractivity contribution in [2.75, 3.05) is 62.0 Å². The van der Waals surface area contributed by atoms with Gasteiger partial charge in [-0.15, -0.1) is 0 Å². The standard InChI is InChI=1S/C24H31N5O4/c1-17-5-4-6-21(18(17)2)26-24(32)27-23(31)16-28(3)15-22(30)25-19-7-9-20(10-8-19)29-11-13-33-14-12-29/h4-10H,11-16H2,1-3H3,(H,25,30)(H2,26,27,31,32). The first-order chi connectivity index (χ1) is 15.8. The first kappa shape index (κ1) is 24.2. The summed E-state index contributed by atoms with van der Waals surface area (Å²) in [4.78, 5) is 40.4. The van der Waals surface area contributed by atoms with Crippen molar-refractivity contribution >= 4 is 34.9 Å². The number of rotatable bonds is 7. The highest BCUT2D eigenvalue weighted by atomic mass is 16.5. The average Bonchev–Trinajstić information content (AvgIpc) is 2.77. The normalized spacial score (nSPS) is 13.5. The molecule has 3 N–H and O–H groups in total. The van der Waals surface area contributed by atoms with Crippen LogP contribution in [0, 0.1) is 13.8 Å². The summed E-state index contributed by atoms with van der Waals surface area (Å²) in [6, 6.07) is 12.6. The van der Waals surface area contributed by atoms with Crippen molar-refractivity contribution in [1.82, 2.24) is 10.2 Å². The molecule has 176 valence electrons. The fraction of sp³-hybridized carbons (Fsp3) is 0.375. The van der Waals surface area contributed by atoms with Crippen molar-refractivity contribution in [3.8, 4) is 0 Å². The largest absolute Gasteiger partial charge is 0.378 e. The van der Waals surface area contributed by atoms with E-state index < -0.39 is 11.9 Å². The number of nitrogens with one attached hydrogen (secondary N) is 3. The Balaban J connectivity index is 1.41. The highest BCUT2D eigenvalue weighted by Gasteiger charge is 2.15. The predicted octanol–water partition coefficient (Wildman–Crippen LogP) is 2.36. The number of aryl methyl sites for hydroxylation is 1. The number of likely N-dealkylation sites (N-methyl/N-ethyl adjacent to an activating group) is 1. The Hall–Kier alpha value is -3.43. The van der Waals surface area contributed by atoms with Crippen LogP contribution in [0.1, 0.15) is 11.1 Å². The summed E-state index contributed by atoms with van der Waals surface area (Å²) in [6.45, 7) is 6.89. The summed E-state index contributed by atoms with van der Waals surface area (Å²) >= 11 is 0. The first-order valence-corrected chi connectivity index (χ1v) is 10.9. The van der Waals surface area contributed by atoms with Gasteiger partial charge in [-0.1, -0.05) is 12.1 Å². The molecule has 3 rings (SSSR count). The third kappa shape index (κ3) is 7.30. The number of carbonyl (C=O) groups excluding carboxylic acids is 3. The molecule has 9 nitrogen and oxygen atoms in total. The average molecular weight is 454 g/mol. The van der Waals surface area contributed by atoms with Gasteiger partial charge in [0.25, 0.3) is 0 Å². The van der Waals surface area contributed by atoms with E-state index in [2.05, 4.69) is 20.9 Å². The number of carbonyl (C=O) groups is 3. The third-order valence-electron chi connectivity index (χ3n) is 5.46. The zero-order valence-electron chi connectivity index (χ0n) is 19.3. The minimum Gasteiger partial charge on any atom is -0.378 e. The number of imide groups is 1. The number of amides is 4. The van der Waals surface area contributed by atoms with Gasteiger partial charge < -0.3 is 20.3 Å². The van der Waals surface area contributed by atoms with E-state index in [0.717, 1.165) is 29.9 Å². The second-order valence-electron chi connectivity index (χ2n) is 8.12. The molecule has 0 spiro atoms. The van der Waals surface area contributed by atoms with Gasteiger partial charge in [-0.25, -0.2) is 4.79 Å². The van der Waals surface area contributed by atoms with E-state index in [4.69, 9.17) is 4.74 Å². The Morgan fingerprint density at radius 1 is 0.939 bits per heavy atom. The molecule has 0 bridgehead atoms. The summed E-state index contributed by atoms with van der Waals surface area (Å²) in [5, 5.41) is 7.79. The van der Waals surface area contributed by atoms with Gasteiger partial charge in [-0.3, -0.25) is 19.8 Å². The summed E-state index contributed by atoms with van der Waals surface area (Å²) in [7, 11) is 1.64. The van der Waals surface area contributed by atoms with Crippen molar-refractivity contribution in [3.05, 3.63) is 53.6 Å². The van der Waals surface area contributed by atoms with E-state index in [9.17, 15) is 14.4 Å². The Morgan fingerprint density at radius 2 is 1.61 bits per heavy atom. The van der Waals surface area contributed by atoms with E-state index in [1.165, 1.54) is 4.90 Å². The van der Waals surface area contributed by atoms with E-state index in [1.807, 2.05) is 50.2 Å². The lowest BCUT2D eigenvalue weighted by atomic mass is 10.1. The van der Waals surface area contributed by atoms with Crippen LogP contribution < -0.4 is 20.9 Å². The molecule has 0 aliphatic carbocycles. The molecule has 0 unspecified atom stereocenters. The molecule has 0 radical (unpaired) electrons. The topological polar surface area (TPSA) is 103 Å². The van der Waals surface area contributed by atoms with Crippen LogP contribution in [0.2, 0.25) is 0 Å². The van der Waals surface area contributed by atoms with Crippen molar-refractivity contribution < 1.29 is 19.1 Å². The molecule has 33 heavy (non-hydrogen) atoms. The van der Waals surface area contributed by atoms with Crippen molar-refractivity contribution in [3.63, 3.8) is 0 Å². The molecule has 2 aromatic rings. The van der Waals surface area contributed by atoms with Gasteiger partial charge in [-0.2, -0.15) is 0 Å². The van der Waals surface area contributed by atoms with Gasteiger partial charge in [0.15, 0.2) is 0 Å². The Morgan fingerprint density at radius 3 is 2.30 bits per heavy atom. The maximum Gasteiger partial charge on any atom is 0.325 e. The van der Waals surface area contributed by atoms with Crippen LogP contribution in [0.5, 0.6) is 0 Å². The van der Waals surface area contributed by atoms with E-state index in [0.29, 0.717) is 24.6 Å². The van der Waals surface area contributed by atoms with Gasteiger partial charge >= 0.3 is 6.03 Å². The molecule has 1 aliphatic heterocycles. The highest BCUT2D eigenvalue weighted by Crippen LogP contribution is 2.19. The van der Waals surface area contributed by atoms with Gasteiger partial charge in [-0.05, 0) is 62.4 Å². The maximum atomic E-state index is 12.3. The highest BCUT2D eigenvalue weighted by molar-refractivity contribution is 6.02. The van der Waals surface area contributed by atoms with Crippen molar-refractivity contribution in [2.24, 2.45) is 0 Å². The number of benzene rings is 2. The van der Waals surface area contributed by atoms with Crippen LogP contribution in [0.4, 0.5) is 21.9 Å². The quantitative estimate of drug-likeness (QED) is 0.595. The van der Waals surface area contributed by atoms with Crippen LogP contribution in [-0.4, -0.2) is 69.2 Å². The van der Waals surface area contributed by atoms with Gasteiger partial charge in [0, 0.05) is 30.2 Å². The summed E-state index contributed by atoms with van der Waals surface area (Å²) in [6.07, 6.45) is 0. The van der Waals surface area contributed by atoms with Gasteiger partial charge in [0.1, 0.15) is 0 Å². The lowest BCUT2D eigenvalue weighted by Crippen LogP contribution is -2.42. The van der Waals surface area contributed by atoms with Crippen molar-refractivity contribution in [2.45, 2.75) is 13.8 Å². The molecule has 1 aliphatic rings. The third-order valence-corrected chi connectivity index (χ3v) is 5.46. The summed E-state index contributed by atoms with van der Waals surface area (Å²) < 4.78 is 5.36. The van der Waals surface area contributed by atoms with Crippen LogP contribution >= 0.6 is 0 Å². The van der Waals surface area contributed by atoms with Crippen molar-refractivity contribution in [1.29, 1.82) is 0 Å². The second-order valence-corrected chi connectivity index (χ2v) is 8.12. The molecule has 0 atom stereocenters. The fourth-order valence-electron chi connectivity index (χ4n) is 3.53. The lowest BCUT2D eigenvalue weighted by Gasteiger charge is -2.28. The van der Waals surface area contributed by atoms with Gasteiger partial charge in [0.05, 0.1) is 26.3 Å². The molecule has 1 fully saturated rings. The van der Waals surface area contributed by atoms with E-state index >= 15 is 0 Å². The summed E-state index contributed by atoms with van der Waals surface area (Å²) in [5.41, 5.74) is 4.40. The molecule has 2 aromatic carbocycles. The minimum atomic E-state index is -0.605. The minimum absolute atomic E-state index is 0.0112. The lowest BCUT2D eigenvalue weighted by molar-refractivity contribution is -0.122. The number of morpholine rings is 1. The fourth-order valence-corrected chi connectivity index (χ4v) is 3.53. The zero-order chi connectivity index (χ0) is 23.8. The molecule has 4 amide bonds. The number of anilines is 3. The zero-order valence-corrected chi connectivity index (χ0v) is 19.3.